The van der Waals surface area contributed by atoms with Gasteiger partial charge in [-0.15, -0.1) is 0 Å². The first-order chi connectivity index (χ1) is 16.0. The Balaban J connectivity index is 1.39. The fourth-order valence-corrected chi connectivity index (χ4v) is 4.61. The predicted octanol–water partition coefficient (Wildman–Crippen LogP) is 2.17. The molecule has 5 rings (SSSR count). The molecule has 8 nitrogen and oxygen atoms in total. The summed E-state index contributed by atoms with van der Waals surface area (Å²) in [5.41, 5.74) is 2.14. The number of hydrogen-bond donors (Lipinski definition) is 2. The molecule has 0 saturated carbocycles. The van der Waals surface area contributed by atoms with Gasteiger partial charge in [0.2, 0.25) is 5.95 Å². The molecule has 2 atom stereocenters. The average molecular weight is 471 g/mol. The van der Waals surface area contributed by atoms with Crippen LogP contribution in [0.2, 0.25) is 0 Å². The van der Waals surface area contributed by atoms with E-state index in [1.807, 2.05) is 4.90 Å². The zero-order valence-electron chi connectivity index (χ0n) is 17.9. The van der Waals surface area contributed by atoms with Gasteiger partial charge >= 0.3 is 0 Å². The van der Waals surface area contributed by atoms with Crippen molar-refractivity contribution in [1.82, 2.24) is 19.4 Å². The molecule has 0 aliphatic carbocycles. The Bertz CT molecular complexity index is 1200. The summed E-state index contributed by atoms with van der Waals surface area (Å²) < 4.78 is 15.2. The molecule has 2 saturated heterocycles. The number of aromatic nitrogens is 3. The molecule has 0 amide bonds. The molecule has 172 valence electrons. The molecule has 4 heterocycles. The maximum Gasteiger partial charge on any atom is 0.270 e. The highest BCUT2D eigenvalue weighted by Crippen LogP contribution is 2.27. The lowest BCUT2D eigenvalue weighted by Crippen LogP contribution is -2.47. The van der Waals surface area contributed by atoms with Crippen LogP contribution in [-0.4, -0.2) is 58.0 Å². The molecule has 33 heavy (non-hydrogen) atoms. The minimum absolute atomic E-state index is 0.00635. The van der Waals surface area contributed by atoms with Crippen LogP contribution in [-0.2, 0) is 0 Å². The number of hydrogen-bond acceptors (Lipinski definition) is 7. The molecule has 2 fully saturated rings. The van der Waals surface area contributed by atoms with Crippen LogP contribution < -0.4 is 20.7 Å². The summed E-state index contributed by atoms with van der Waals surface area (Å²) in [5, 5.41) is 13.3. The van der Waals surface area contributed by atoms with E-state index < -0.39 is 11.4 Å². The van der Waals surface area contributed by atoms with Crippen molar-refractivity contribution < 1.29 is 9.50 Å². The fraction of sp³-hybridized carbons (Fsp3) is 0.348. The molecular formula is C23H24ClFN6O2. The number of halogens is 2. The zero-order valence-corrected chi connectivity index (χ0v) is 18.6. The van der Waals surface area contributed by atoms with Crippen LogP contribution in [0.3, 0.4) is 0 Å². The second-order valence-electron chi connectivity index (χ2n) is 8.35. The average Bonchev–Trinajstić information content (AvgIpc) is 3.27. The third kappa shape index (κ3) is 4.44. The molecule has 3 aromatic rings. The lowest BCUT2D eigenvalue weighted by atomic mass is 10.0. The molecule has 1 aromatic carbocycles. The van der Waals surface area contributed by atoms with Gasteiger partial charge < -0.3 is 20.2 Å². The highest BCUT2D eigenvalue weighted by molar-refractivity contribution is 6.16. The largest absolute Gasteiger partial charge is 0.391 e. The number of aliphatic hydroxyl groups excluding tert-OH is 1. The summed E-state index contributed by atoms with van der Waals surface area (Å²) >= 11 is 6.27. The number of piperazine rings is 1. The smallest absolute Gasteiger partial charge is 0.270 e. The molecule has 2 aromatic heterocycles. The Hall–Kier alpha value is -3.01. The third-order valence-corrected chi connectivity index (χ3v) is 6.50. The summed E-state index contributed by atoms with van der Waals surface area (Å²) in [6.07, 6.45) is 3.07. The van der Waals surface area contributed by atoms with Crippen LogP contribution in [0.15, 0.2) is 53.6 Å². The van der Waals surface area contributed by atoms with Crippen LogP contribution in [0.4, 0.5) is 16.0 Å². The fourth-order valence-electron chi connectivity index (χ4n) is 4.42. The number of rotatable bonds is 4. The van der Waals surface area contributed by atoms with Gasteiger partial charge in [0.15, 0.2) is 5.82 Å². The van der Waals surface area contributed by atoms with Gasteiger partial charge in [-0.25, -0.2) is 9.37 Å². The van der Waals surface area contributed by atoms with E-state index in [9.17, 15) is 14.3 Å². The summed E-state index contributed by atoms with van der Waals surface area (Å²) in [7, 11) is 0. The number of nitrogens with one attached hydrogen (secondary N) is 1. The number of β-amino-alcohol motifs (C(OH)–C–C–N with tert-alkyl or cyclic N) is 1. The van der Waals surface area contributed by atoms with Gasteiger partial charge in [0, 0.05) is 74.1 Å². The molecule has 2 aliphatic heterocycles. The Morgan fingerprint density at radius 3 is 2.67 bits per heavy atom. The van der Waals surface area contributed by atoms with Gasteiger partial charge in [0.1, 0.15) is 0 Å². The van der Waals surface area contributed by atoms with E-state index in [-0.39, 0.29) is 29.4 Å². The van der Waals surface area contributed by atoms with Crippen LogP contribution in [0.5, 0.6) is 0 Å². The van der Waals surface area contributed by atoms with Crippen molar-refractivity contribution in [2.75, 3.05) is 42.5 Å². The molecule has 2 aliphatic rings. The van der Waals surface area contributed by atoms with E-state index in [1.54, 1.807) is 0 Å². The van der Waals surface area contributed by atoms with Crippen molar-refractivity contribution in [3.63, 3.8) is 0 Å². The van der Waals surface area contributed by atoms with Gasteiger partial charge in [-0.05, 0) is 30.2 Å². The van der Waals surface area contributed by atoms with Crippen LogP contribution in [0, 0.1) is 5.82 Å². The second-order valence-corrected chi connectivity index (χ2v) is 8.69. The number of anilines is 2. The number of pyridine rings is 1. The van der Waals surface area contributed by atoms with Gasteiger partial charge in [0.05, 0.1) is 18.0 Å². The van der Waals surface area contributed by atoms with Crippen molar-refractivity contribution in [2.45, 2.75) is 18.6 Å². The number of nitrogens with zero attached hydrogens (tertiary/aromatic N) is 5. The molecular weight excluding hydrogens is 447 g/mol. The highest BCUT2D eigenvalue weighted by Gasteiger charge is 2.26. The highest BCUT2D eigenvalue weighted by atomic mass is 35.5. The molecule has 0 bridgehead atoms. The molecule has 0 spiro atoms. The van der Waals surface area contributed by atoms with Crippen molar-refractivity contribution in [2.24, 2.45) is 0 Å². The van der Waals surface area contributed by atoms with Crippen molar-refractivity contribution in [3.8, 4) is 11.3 Å². The third-order valence-electron chi connectivity index (χ3n) is 6.18. The van der Waals surface area contributed by atoms with Crippen LogP contribution >= 0.6 is 11.8 Å². The Morgan fingerprint density at radius 1 is 1.12 bits per heavy atom. The van der Waals surface area contributed by atoms with Crippen LogP contribution in [0.25, 0.3) is 11.3 Å². The zero-order chi connectivity index (χ0) is 22.9. The monoisotopic (exact) mass is 470 g/mol. The predicted molar refractivity (Wildman–Crippen MR) is 125 cm³/mol. The quantitative estimate of drug-likeness (QED) is 0.604. The van der Waals surface area contributed by atoms with Crippen molar-refractivity contribution >= 4 is 23.4 Å². The summed E-state index contributed by atoms with van der Waals surface area (Å²) in [6, 6.07) is 11.0. The Kier molecular flexibility index (Phi) is 6.01. The minimum atomic E-state index is -0.550. The molecule has 0 radical (unpaired) electrons. The van der Waals surface area contributed by atoms with E-state index in [1.165, 1.54) is 18.3 Å². The summed E-state index contributed by atoms with van der Waals surface area (Å²) in [5.74, 6) is -0.268. The number of aliphatic hydroxyl groups is 1. The van der Waals surface area contributed by atoms with Crippen LogP contribution in [0.1, 0.15) is 18.0 Å². The Morgan fingerprint density at radius 2 is 1.94 bits per heavy atom. The Labute approximate surface area is 195 Å². The SMILES string of the molecule is O=c1cc(-c2ccncc2F)nc(N2CCN[C@@H](c3ccc(N4CC[C@@H](O)C4)cc3)C2)n1Cl. The number of benzene rings is 1. The first-order valence-corrected chi connectivity index (χ1v) is 11.2. The van der Waals surface area contributed by atoms with E-state index in [4.69, 9.17) is 11.8 Å². The molecule has 2 N–H and O–H groups in total. The summed E-state index contributed by atoms with van der Waals surface area (Å²) in [4.78, 5) is 24.9. The minimum Gasteiger partial charge on any atom is -0.391 e. The topological polar surface area (TPSA) is 86.5 Å². The maximum atomic E-state index is 14.2. The first-order valence-electron chi connectivity index (χ1n) is 10.9. The van der Waals surface area contributed by atoms with Crippen molar-refractivity contribution in [3.05, 3.63) is 70.5 Å². The normalized spacial score (nSPS) is 20.9. The van der Waals surface area contributed by atoms with Gasteiger partial charge in [-0.3, -0.25) is 9.78 Å². The van der Waals surface area contributed by atoms with E-state index >= 15 is 0 Å². The van der Waals surface area contributed by atoms with E-state index in [0.29, 0.717) is 26.2 Å². The van der Waals surface area contributed by atoms with Gasteiger partial charge in [0.25, 0.3) is 5.56 Å². The molecule has 0 unspecified atom stereocenters. The molecule has 10 heteroatoms. The van der Waals surface area contributed by atoms with E-state index in [0.717, 1.165) is 34.5 Å². The lowest BCUT2D eigenvalue weighted by molar-refractivity contribution is 0.198. The maximum absolute atomic E-state index is 14.2. The first kappa shape index (κ1) is 21.8. The van der Waals surface area contributed by atoms with Gasteiger partial charge in [-0.1, -0.05) is 12.1 Å². The summed E-state index contributed by atoms with van der Waals surface area (Å²) in [6.45, 7) is 3.32. The van der Waals surface area contributed by atoms with Gasteiger partial charge in [-0.2, -0.15) is 4.09 Å². The van der Waals surface area contributed by atoms with E-state index in [2.05, 4.69) is 44.5 Å². The second kappa shape index (κ2) is 9.09. The lowest BCUT2D eigenvalue weighted by Gasteiger charge is -2.35. The van der Waals surface area contributed by atoms with Crippen molar-refractivity contribution in [1.29, 1.82) is 0 Å². The standard InChI is InChI=1S/C23H24ClFN6O2/c24-31-22(33)11-20(18-5-7-26-12-19(18)25)28-23(31)30-10-8-27-21(14-30)15-1-3-16(4-2-15)29-9-6-17(32)13-29/h1-5,7,11-12,17,21,27,32H,6,8-10,13-14H2/t17-,21-/m1/s1.